The maximum absolute atomic E-state index is 11.1. The molecule has 0 bridgehead atoms. The molecular formula is C15H17NO3. The van der Waals surface area contributed by atoms with Gasteiger partial charge < -0.3 is 9.63 Å². The quantitative estimate of drug-likeness (QED) is 0.809. The van der Waals surface area contributed by atoms with Crippen molar-refractivity contribution in [1.29, 1.82) is 0 Å². The van der Waals surface area contributed by atoms with Crippen LogP contribution in [0.2, 0.25) is 0 Å². The number of carboxylic acid groups (broad SMARTS) is 1. The van der Waals surface area contributed by atoms with Gasteiger partial charge in [-0.1, -0.05) is 35.5 Å². The Bertz CT molecular complexity index is 546. The standard InChI is InChI=1S/C15H17NO3/c1-11-14(15(17)18)13(16-19-11)10-6-5-9-12-7-3-2-4-8-12/h2-4,7-8H,5-6,9-10H2,1H3,(H,17,18). The number of aromatic carboxylic acids is 1. The van der Waals surface area contributed by atoms with Gasteiger partial charge in [-0.2, -0.15) is 0 Å². The van der Waals surface area contributed by atoms with Crippen LogP contribution in [0.25, 0.3) is 0 Å². The summed E-state index contributed by atoms with van der Waals surface area (Å²) in [6, 6.07) is 10.3. The van der Waals surface area contributed by atoms with Crippen LogP contribution in [0, 0.1) is 6.92 Å². The number of hydrogen-bond acceptors (Lipinski definition) is 3. The summed E-state index contributed by atoms with van der Waals surface area (Å²) in [4.78, 5) is 11.1. The molecule has 0 fully saturated rings. The van der Waals surface area contributed by atoms with E-state index in [0.717, 1.165) is 19.3 Å². The first-order chi connectivity index (χ1) is 9.18. The van der Waals surface area contributed by atoms with E-state index in [1.807, 2.05) is 18.2 Å². The summed E-state index contributed by atoms with van der Waals surface area (Å²) < 4.78 is 4.94. The van der Waals surface area contributed by atoms with Crippen molar-refractivity contribution < 1.29 is 14.4 Å². The van der Waals surface area contributed by atoms with E-state index in [4.69, 9.17) is 9.63 Å². The average molecular weight is 259 g/mol. The van der Waals surface area contributed by atoms with Crippen molar-refractivity contribution in [1.82, 2.24) is 5.16 Å². The molecule has 0 spiro atoms. The third kappa shape index (κ3) is 3.44. The lowest BCUT2D eigenvalue weighted by molar-refractivity contribution is 0.0694. The number of aromatic nitrogens is 1. The molecule has 4 nitrogen and oxygen atoms in total. The normalized spacial score (nSPS) is 10.6. The summed E-state index contributed by atoms with van der Waals surface area (Å²) in [5, 5.41) is 12.9. The molecule has 1 heterocycles. The highest BCUT2D eigenvalue weighted by Gasteiger charge is 2.18. The molecule has 0 saturated carbocycles. The lowest BCUT2D eigenvalue weighted by Crippen LogP contribution is -2.02. The van der Waals surface area contributed by atoms with Crippen LogP contribution in [0.3, 0.4) is 0 Å². The third-order valence-electron chi connectivity index (χ3n) is 3.12. The van der Waals surface area contributed by atoms with E-state index in [9.17, 15) is 4.79 Å². The molecule has 1 aromatic heterocycles. The van der Waals surface area contributed by atoms with Crippen LogP contribution in [0.1, 0.15) is 40.2 Å². The van der Waals surface area contributed by atoms with Crippen LogP contribution >= 0.6 is 0 Å². The van der Waals surface area contributed by atoms with Gasteiger partial charge in [-0.05, 0) is 38.2 Å². The molecule has 4 heteroatoms. The zero-order valence-electron chi connectivity index (χ0n) is 10.9. The van der Waals surface area contributed by atoms with Crippen molar-refractivity contribution in [2.75, 3.05) is 0 Å². The lowest BCUT2D eigenvalue weighted by Gasteiger charge is -2.01. The Labute approximate surface area is 112 Å². The maximum atomic E-state index is 11.1. The van der Waals surface area contributed by atoms with Crippen molar-refractivity contribution in [2.24, 2.45) is 0 Å². The molecular weight excluding hydrogens is 242 g/mol. The zero-order valence-corrected chi connectivity index (χ0v) is 10.9. The van der Waals surface area contributed by atoms with E-state index in [2.05, 4.69) is 17.3 Å². The first kappa shape index (κ1) is 13.3. The minimum Gasteiger partial charge on any atom is -0.477 e. The van der Waals surface area contributed by atoms with Gasteiger partial charge >= 0.3 is 5.97 Å². The van der Waals surface area contributed by atoms with Crippen LogP contribution in [0.5, 0.6) is 0 Å². The summed E-state index contributed by atoms with van der Waals surface area (Å²) in [5.41, 5.74) is 2.08. The van der Waals surface area contributed by atoms with Gasteiger partial charge in [0, 0.05) is 0 Å². The van der Waals surface area contributed by atoms with E-state index in [-0.39, 0.29) is 5.56 Å². The summed E-state index contributed by atoms with van der Waals surface area (Å²) in [7, 11) is 0. The second kappa shape index (κ2) is 6.18. The number of carboxylic acids is 1. The number of benzene rings is 1. The largest absolute Gasteiger partial charge is 0.477 e. The molecule has 2 rings (SSSR count). The molecule has 0 unspecified atom stereocenters. The van der Waals surface area contributed by atoms with Gasteiger partial charge in [0.25, 0.3) is 0 Å². The predicted molar refractivity (Wildman–Crippen MR) is 71.3 cm³/mol. The zero-order chi connectivity index (χ0) is 13.7. The Morgan fingerprint density at radius 3 is 2.58 bits per heavy atom. The fourth-order valence-electron chi connectivity index (χ4n) is 2.13. The molecule has 0 aliphatic heterocycles. The van der Waals surface area contributed by atoms with Crippen LogP contribution < -0.4 is 0 Å². The highest BCUT2D eigenvalue weighted by atomic mass is 16.5. The molecule has 0 radical (unpaired) electrons. The van der Waals surface area contributed by atoms with Gasteiger partial charge in [0.1, 0.15) is 11.3 Å². The highest BCUT2D eigenvalue weighted by Crippen LogP contribution is 2.16. The van der Waals surface area contributed by atoms with E-state index < -0.39 is 5.97 Å². The summed E-state index contributed by atoms with van der Waals surface area (Å²) in [6.07, 6.45) is 3.56. The number of rotatable bonds is 6. The van der Waals surface area contributed by atoms with Crippen molar-refractivity contribution in [3.8, 4) is 0 Å². The second-order valence-electron chi connectivity index (χ2n) is 4.56. The van der Waals surface area contributed by atoms with E-state index in [0.29, 0.717) is 17.9 Å². The van der Waals surface area contributed by atoms with Crippen LogP contribution in [-0.4, -0.2) is 16.2 Å². The minimum absolute atomic E-state index is 0.222. The van der Waals surface area contributed by atoms with E-state index in [1.165, 1.54) is 5.56 Å². The topological polar surface area (TPSA) is 63.3 Å². The fraction of sp³-hybridized carbons (Fsp3) is 0.333. The first-order valence-electron chi connectivity index (χ1n) is 6.41. The smallest absolute Gasteiger partial charge is 0.341 e. The molecule has 1 aromatic carbocycles. The van der Waals surface area contributed by atoms with Crippen molar-refractivity contribution in [2.45, 2.75) is 32.6 Å². The lowest BCUT2D eigenvalue weighted by atomic mass is 10.0. The number of unbranched alkanes of at least 4 members (excludes halogenated alkanes) is 1. The predicted octanol–water partition coefficient (Wildman–Crippen LogP) is 3.25. The first-order valence-corrected chi connectivity index (χ1v) is 6.41. The van der Waals surface area contributed by atoms with E-state index in [1.54, 1.807) is 6.92 Å². The van der Waals surface area contributed by atoms with Gasteiger partial charge in [-0.25, -0.2) is 4.79 Å². The molecule has 0 saturated heterocycles. The van der Waals surface area contributed by atoms with Crippen LogP contribution in [-0.2, 0) is 12.8 Å². The van der Waals surface area contributed by atoms with Gasteiger partial charge in [0.2, 0.25) is 0 Å². The Hall–Kier alpha value is -2.10. The molecule has 0 amide bonds. The Balaban J connectivity index is 1.85. The van der Waals surface area contributed by atoms with Crippen molar-refractivity contribution in [3.05, 3.63) is 52.9 Å². The highest BCUT2D eigenvalue weighted by molar-refractivity contribution is 5.89. The SMILES string of the molecule is Cc1onc(CCCCc2ccccc2)c1C(=O)O. The molecule has 1 N–H and O–H groups in total. The van der Waals surface area contributed by atoms with Crippen LogP contribution in [0.4, 0.5) is 0 Å². The Kier molecular flexibility index (Phi) is 4.34. The molecule has 0 aliphatic rings. The molecule has 100 valence electrons. The summed E-state index contributed by atoms with van der Waals surface area (Å²) in [5.74, 6) is -0.581. The number of nitrogens with zero attached hydrogens (tertiary/aromatic N) is 1. The Morgan fingerprint density at radius 2 is 1.89 bits per heavy atom. The summed E-state index contributed by atoms with van der Waals surface area (Å²) in [6.45, 7) is 1.63. The van der Waals surface area contributed by atoms with E-state index >= 15 is 0 Å². The maximum Gasteiger partial charge on any atom is 0.341 e. The monoisotopic (exact) mass is 259 g/mol. The minimum atomic E-state index is -0.961. The fourth-order valence-corrected chi connectivity index (χ4v) is 2.13. The number of hydrogen-bond donors (Lipinski definition) is 1. The van der Waals surface area contributed by atoms with Crippen LogP contribution in [0.15, 0.2) is 34.9 Å². The van der Waals surface area contributed by atoms with Crippen molar-refractivity contribution >= 4 is 5.97 Å². The molecule has 2 aromatic rings. The van der Waals surface area contributed by atoms with Crippen molar-refractivity contribution in [3.63, 3.8) is 0 Å². The molecule has 0 aliphatic carbocycles. The van der Waals surface area contributed by atoms with Gasteiger partial charge in [-0.15, -0.1) is 0 Å². The van der Waals surface area contributed by atoms with Gasteiger partial charge in [0.15, 0.2) is 0 Å². The van der Waals surface area contributed by atoms with Gasteiger partial charge in [-0.3, -0.25) is 0 Å². The third-order valence-corrected chi connectivity index (χ3v) is 3.12. The number of carbonyl (C=O) groups is 1. The summed E-state index contributed by atoms with van der Waals surface area (Å²) >= 11 is 0. The molecule has 19 heavy (non-hydrogen) atoms. The average Bonchev–Trinajstić information content (AvgIpc) is 2.77. The Morgan fingerprint density at radius 1 is 1.21 bits per heavy atom. The molecule has 0 atom stereocenters. The number of aryl methyl sites for hydroxylation is 3. The van der Waals surface area contributed by atoms with Gasteiger partial charge in [0.05, 0.1) is 5.69 Å². The second-order valence-corrected chi connectivity index (χ2v) is 4.56.